The zero-order chi connectivity index (χ0) is 13.6. The van der Waals surface area contributed by atoms with Gasteiger partial charge in [0.25, 0.3) is 0 Å². The summed E-state index contributed by atoms with van der Waals surface area (Å²) in [5, 5.41) is 8.42. The summed E-state index contributed by atoms with van der Waals surface area (Å²) in [6.45, 7) is 1.41. The van der Waals surface area contributed by atoms with Crippen LogP contribution in [0.15, 0.2) is 42.7 Å². The van der Waals surface area contributed by atoms with E-state index in [9.17, 15) is 4.79 Å². The van der Waals surface area contributed by atoms with E-state index in [1.807, 2.05) is 36.4 Å². The molecule has 2 rings (SSSR count). The third-order valence-corrected chi connectivity index (χ3v) is 1.38. The first kappa shape index (κ1) is 15.8. The van der Waals surface area contributed by atoms with E-state index in [1.54, 1.807) is 14.2 Å². The molecule has 0 aliphatic heterocycles. The lowest BCUT2D eigenvalue weighted by Crippen LogP contribution is -2.06. The molecule has 2 aromatic rings. The highest BCUT2D eigenvalue weighted by Crippen LogP contribution is 1.89. The van der Waals surface area contributed by atoms with E-state index in [0.717, 1.165) is 0 Å². The van der Waals surface area contributed by atoms with Crippen molar-refractivity contribution in [3.63, 3.8) is 0 Å². The minimum Gasteiger partial charge on any atom is -0.388 e. The molecule has 0 bridgehead atoms. The lowest BCUT2D eigenvalue weighted by Gasteiger charge is -1.90. The molecule has 1 aromatic carbocycles. The Morgan fingerprint density at radius 3 is 1.89 bits per heavy atom. The summed E-state index contributed by atoms with van der Waals surface area (Å²) >= 11 is 0. The number of hydrogen-bond acceptors (Lipinski definition) is 4. The Balaban J connectivity index is 0.000000278. The molecule has 0 aliphatic rings. The first-order valence-corrected chi connectivity index (χ1v) is 5.23. The fourth-order valence-corrected chi connectivity index (χ4v) is 0.817. The average molecular weight is 250 g/mol. The number of methoxy groups -OCH3 is 1. The molecule has 1 amide bonds. The number of amides is 1. The summed E-state index contributed by atoms with van der Waals surface area (Å²) in [4.78, 5) is 14.0. The Kier molecular flexibility index (Phi) is 9.90. The summed E-state index contributed by atoms with van der Waals surface area (Å²) in [7, 11) is 3.25. The first-order chi connectivity index (χ1) is 8.70. The summed E-state index contributed by atoms with van der Waals surface area (Å²) < 4.78 is 4.25. The smallest absolute Gasteiger partial charge is 0.225 e. The minimum absolute atomic E-state index is 0.160. The third-order valence-electron chi connectivity index (χ3n) is 1.38. The van der Waals surface area contributed by atoms with Crippen molar-refractivity contribution in [1.82, 2.24) is 15.2 Å². The molecular weight excluding hydrogens is 232 g/mol. The Labute approximate surface area is 106 Å². The van der Waals surface area contributed by atoms with Crippen molar-refractivity contribution >= 4 is 11.9 Å². The number of aromatic nitrogens is 3. The van der Waals surface area contributed by atoms with Crippen LogP contribution in [0.2, 0.25) is 0 Å². The lowest BCUT2D eigenvalue weighted by molar-refractivity contribution is -0.114. The normalized spacial score (nSPS) is 8.17. The second kappa shape index (κ2) is 11.3. The number of carbonyl (C=O) groups is 1. The molecule has 18 heavy (non-hydrogen) atoms. The molecule has 2 N–H and O–H groups in total. The number of rotatable bonds is 1. The van der Waals surface area contributed by atoms with Gasteiger partial charge in [0.2, 0.25) is 11.9 Å². The molecule has 1 aromatic heterocycles. The van der Waals surface area contributed by atoms with Crippen LogP contribution in [-0.4, -0.2) is 35.3 Å². The molecule has 6 heteroatoms. The predicted octanol–water partition coefficient (Wildman–Crippen LogP) is 1.71. The van der Waals surface area contributed by atoms with Gasteiger partial charge < -0.3 is 4.74 Å². The molecule has 6 nitrogen and oxygen atoms in total. The second-order valence-electron chi connectivity index (χ2n) is 3.08. The van der Waals surface area contributed by atoms with Crippen LogP contribution in [0, 0.1) is 0 Å². The summed E-state index contributed by atoms with van der Waals surface area (Å²) in [6, 6.07) is 12.0. The number of anilines is 1. The monoisotopic (exact) mass is 250 g/mol. The van der Waals surface area contributed by atoms with Crippen LogP contribution in [0.1, 0.15) is 6.92 Å². The number of benzene rings is 1. The molecule has 0 fully saturated rings. The van der Waals surface area contributed by atoms with E-state index in [2.05, 4.69) is 25.2 Å². The van der Waals surface area contributed by atoms with Crippen molar-refractivity contribution in [2.45, 2.75) is 6.92 Å². The van der Waals surface area contributed by atoms with Crippen molar-refractivity contribution in [3.05, 3.63) is 42.7 Å². The third kappa shape index (κ3) is 10.3. The molecule has 0 saturated carbocycles. The standard InChI is InChI=1S/C6H6.C4H6N4O.C2H6O/c1-2-4-6-5-3-1;1-3(9)7-4-5-2-6-8-4;1-3-2/h1-6H;2H,1H3,(H2,5,6,7,8,9);1-2H3. The fraction of sp³-hybridized carbons (Fsp3) is 0.250. The zero-order valence-corrected chi connectivity index (χ0v) is 10.8. The molecule has 0 radical (unpaired) electrons. The van der Waals surface area contributed by atoms with E-state index in [4.69, 9.17) is 0 Å². The van der Waals surface area contributed by atoms with E-state index < -0.39 is 0 Å². The minimum atomic E-state index is -0.160. The maximum absolute atomic E-state index is 10.3. The van der Waals surface area contributed by atoms with E-state index in [1.165, 1.54) is 13.3 Å². The van der Waals surface area contributed by atoms with Gasteiger partial charge in [-0.25, -0.2) is 5.10 Å². The molecule has 0 atom stereocenters. The number of aromatic amines is 1. The Bertz CT molecular complexity index is 363. The number of ether oxygens (including phenoxy) is 1. The Morgan fingerprint density at radius 1 is 1.17 bits per heavy atom. The SMILES string of the molecule is CC(=O)Nc1ncn[nH]1.COC.c1ccccc1. The summed E-state index contributed by atoms with van der Waals surface area (Å²) in [5.41, 5.74) is 0. The number of H-pyrrole nitrogens is 1. The molecule has 98 valence electrons. The predicted molar refractivity (Wildman–Crippen MR) is 70.1 cm³/mol. The maximum atomic E-state index is 10.3. The van der Waals surface area contributed by atoms with E-state index in [-0.39, 0.29) is 5.91 Å². The van der Waals surface area contributed by atoms with Crippen LogP contribution in [0.25, 0.3) is 0 Å². The Hall–Kier alpha value is -2.21. The van der Waals surface area contributed by atoms with Crippen LogP contribution < -0.4 is 5.32 Å². The van der Waals surface area contributed by atoms with Crippen LogP contribution in [0.5, 0.6) is 0 Å². The van der Waals surface area contributed by atoms with Crippen molar-refractivity contribution in [2.24, 2.45) is 0 Å². The molecule has 0 aliphatic carbocycles. The zero-order valence-electron chi connectivity index (χ0n) is 10.8. The highest BCUT2D eigenvalue weighted by atomic mass is 16.4. The van der Waals surface area contributed by atoms with Gasteiger partial charge in [0.05, 0.1) is 0 Å². The molecule has 0 unspecified atom stereocenters. The maximum Gasteiger partial charge on any atom is 0.225 e. The molecule has 0 spiro atoms. The first-order valence-electron chi connectivity index (χ1n) is 5.23. The van der Waals surface area contributed by atoms with E-state index >= 15 is 0 Å². The second-order valence-corrected chi connectivity index (χ2v) is 3.08. The average Bonchev–Trinajstić information content (AvgIpc) is 2.85. The number of carbonyl (C=O) groups excluding carboxylic acids is 1. The number of hydrogen-bond donors (Lipinski definition) is 2. The quantitative estimate of drug-likeness (QED) is 0.807. The van der Waals surface area contributed by atoms with Gasteiger partial charge in [0.15, 0.2) is 0 Å². The van der Waals surface area contributed by atoms with Gasteiger partial charge >= 0.3 is 0 Å². The van der Waals surface area contributed by atoms with Crippen molar-refractivity contribution in [2.75, 3.05) is 19.5 Å². The summed E-state index contributed by atoms with van der Waals surface area (Å²) in [6.07, 6.45) is 1.32. The van der Waals surface area contributed by atoms with Gasteiger partial charge in [-0.1, -0.05) is 36.4 Å². The van der Waals surface area contributed by atoms with Gasteiger partial charge in [-0.15, -0.1) is 0 Å². The van der Waals surface area contributed by atoms with Gasteiger partial charge in [-0.3, -0.25) is 10.1 Å². The van der Waals surface area contributed by atoms with Gasteiger partial charge in [0, 0.05) is 21.1 Å². The molecule has 1 heterocycles. The van der Waals surface area contributed by atoms with Crippen molar-refractivity contribution in [3.8, 4) is 0 Å². The highest BCUT2D eigenvalue weighted by Gasteiger charge is 1.93. The van der Waals surface area contributed by atoms with Crippen LogP contribution in [0.4, 0.5) is 5.95 Å². The largest absolute Gasteiger partial charge is 0.388 e. The number of nitrogens with zero attached hydrogens (tertiary/aromatic N) is 2. The van der Waals surface area contributed by atoms with Crippen molar-refractivity contribution in [1.29, 1.82) is 0 Å². The van der Waals surface area contributed by atoms with Crippen LogP contribution in [0.3, 0.4) is 0 Å². The summed E-state index contributed by atoms with van der Waals surface area (Å²) in [5.74, 6) is 0.217. The molecular formula is C12H18N4O2. The number of nitrogens with one attached hydrogen (secondary N) is 2. The van der Waals surface area contributed by atoms with Crippen molar-refractivity contribution < 1.29 is 9.53 Å². The van der Waals surface area contributed by atoms with Crippen LogP contribution >= 0.6 is 0 Å². The Morgan fingerprint density at radius 2 is 1.61 bits per heavy atom. The van der Waals surface area contributed by atoms with Gasteiger partial charge in [0.1, 0.15) is 6.33 Å². The molecule has 0 saturated heterocycles. The topological polar surface area (TPSA) is 79.9 Å². The highest BCUT2D eigenvalue weighted by molar-refractivity contribution is 5.86. The lowest BCUT2D eigenvalue weighted by atomic mass is 10.4. The van der Waals surface area contributed by atoms with E-state index in [0.29, 0.717) is 5.95 Å². The van der Waals surface area contributed by atoms with Crippen LogP contribution in [-0.2, 0) is 9.53 Å². The van der Waals surface area contributed by atoms with Gasteiger partial charge in [-0.2, -0.15) is 10.1 Å². The van der Waals surface area contributed by atoms with Gasteiger partial charge in [-0.05, 0) is 0 Å². The fourth-order valence-electron chi connectivity index (χ4n) is 0.817.